The number of carboxylic acid groups (broad SMARTS) is 1. The Kier molecular flexibility index (Phi) is 5.43. The Bertz CT molecular complexity index is 652. The lowest BCUT2D eigenvalue weighted by atomic mass is 10.1. The van der Waals surface area contributed by atoms with Crippen LogP contribution in [0, 0.1) is 0 Å². The lowest BCUT2D eigenvalue weighted by Crippen LogP contribution is -2.33. The molecule has 2 aromatic rings. The van der Waals surface area contributed by atoms with Gasteiger partial charge in [-0.25, -0.2) is 4.79 Å². The summed E-state index contributed by atoms with van der Waals surface area (Å²) >= 11 is 1.32. The van der Waals surface area contributed by atoms with E-state index in [4.69, 9.17) is 0 Å². The molecule has 22 heavy (non-hydrogen) atoms. The first kappa shape index (κ1) is 15.9. The van der Waals surface area contributed by atoms with E-state index in [9.17, 15) is 19.5 Å². The van der Waals surface area contributed by atoms with E-state index in [1.54, 1.807) is 47.8 Å². The first-order valence-corrected chi connectivity index (χ1v) is 7.59. The zero-order valence-corrected chi connectivity index (χ0v) is 12.5. The highest BCUT2D eigenvalue weighted by atomic mass is 32.1. The lowest BCUT2D eigenvalue weighted by Gasteiger charge is -2.14. The summed E-state index contributed by atoms with van der Waals surface area (Å²) < 4.78 is 0. The number of nitrogens with one attached hydrogen (secondary N) is 1. The molecule has 0 saturated carbocycles. The number of ketones is 1. The summed E-state index contributed by atoms with van der Waals surface area (Å²) in [7, 11) is 0. The second-order valence-corrected chi connectivity index (χ2v) is 5.60. The van der Waals surface area contributed by atoms with Crippen LogP contribution in [-0.4, -0.2) is 22.8 Å². The number of amides is 1. The molecule has 0 aliphatic carbocycles. The lowest BCUT2D eigenvalue weighted by molar-refractivity contribution is -0.142. The van der Waals surface area contributed by atoms with Crippen molar-refractivity contribution in [2.24, 2.45) is 0 Å². The average Bonchev–Trinajstić information content (AvgIpc) is 3.05. The van der Waals surface area contributed by atoms with Gasteiger partial charge in [-0.1, -0.05) is 36.4 Å². The number of hydrogen-bond acceptors (Lipinski definition) is 4. The molecule has 0 unspecified atom stereocenters. The second-order valence-electron chi connectivity index (χ2n) is 4.65. The topological polar surface area (TPSA) is 83.5 Å². The molecule has 6 heteroatoms. The van der Waals surface area contributed by atoms with Crippen molar-refractivity contribution in [3.63, 3.8) is 0 Å². The SMILES string of the molecule is O=C(CCC(=O)c1cccs1)N[C@H](C(=O)O)c1ccccc1. The van der Waals surface area contributed by atoms with Crippen molar-refractivity contribution < 1.29 is 19.5 Å². The number of thiophene rings is 1. The van der Waals surface area contributed by atoms with Gasteiger partial charge >= 0.3 is 5.97 Å². The Balaban J connectivity index is 1.92. The summed E-state index contributed by atoms with van der Waals surface area (Å²) in [5, 5.41) is 13.5. The smallest absolute Gasteiger partial charge is 0.330 e. The van der Waals surface area contributed by atoms with Gasteiger partial charge in [-0.15, -0.1) is 11.3 Å². The van der Waals surface area contributed by atoms with Gasteiger partial charge in [0.2, 0.25) is 5.91 Å². The third kappa shape index (κ3) is 4.26. The molecule has 1 heterocycles. The highest BCUT2D eigenvalue weighted by Crippen LogP contribution is 2.15. The van der Waals surface area contributed by atoms with E-state index in [0.29, 0.717) is 10.4 Å². The summed E-state index contributed by atoms with van der Waals surface area (Å²) in [5.41, 5.74) is 0.493. The Morgan fingerprint density at radius 3 is 2.36 bits per heavy atom. The quantitative estimate of drug-likeness (QED) is 0.769. The average molecular weight is 317 g/mol. The van der Waals surface area contributed by atoms with E-state index in [1.807, 2.05) is 0 Å². The summed E-state index contributed by atoms with van der Waals surface area (Å²) in [6.45, 7) is 0. The van der Waals surface area contributed by atoms with Gasteiger partial charge in [-0.05, 0) is 17.0 Å². The van der Waals surface area contributed by atoms with Crippen molar-refractivity contribution in [1.82, 2.24) is 5.32 Å². The van der Waals surface area contributed by atoms with Crippen LogP contribution in [0.15, 0.2) is 47.8 Å². The number of carbonyl (C=O) groups excluding carboxylic acids is 2. The van der Waals surface area contributed by atoms with Gasteiger partial charge < -0.3 is 10.4 Å². The molecule has 1 aromatic heterocycles. The molecule has 0 spiro atoms. The number of Topliss-reactive ketones (excluding diaryl/α,β-unsaturated/α-hetero) is 1. The molecule has 0 aliphatic heterocycles. The number of aliphatic carboxylic acids is 1. The largest absolute Gasteiger partial charge is 0.479 e. The summed E-state index contributed by atoms with van der Waals surface area (Å²) in [4.78, 5) is 35.6. The molecule has 1 amide bonds. The minimum atomic E-state index is -1.14. The van der Waals surface area contributed by atoms with E-state index < -0.39 is 17.9 Å². The number of hydrogen-bond donors (Lipinski definition) is 2. The van der Waals surface area contributed by atoms with E-state index in [0.717, 1.165) is 0 Å². The van der Waals surface area contributed by atoms with Crippen molar-refractivity contribution in [1.29, 1.82) is 0 Å². The van der Waals surface area contributed by atoms with Crippen LogP contribution < -0.4 is 5.32 Å². The van der Waals surface area contributed by atoms with Crippen LogP contribution in [0.3, 0.4) is 0 Å². The summed E-state index contributed by atoms with van der Waals surface area (Å²) in [5.74, 6) is -1.71. The fourth-order valence-electron chi connectivity index (χ4n) is 1.95. The highest BCUT2D eigenvalue weighted by molar-refractivity contribution is 7.12. The maximum absolute atomic E-state index is 11.9. The Hall–Kier alpha value is -2.47. The van der Waals surface area contributed by atoms with Gasteiger partial charge in [0.15, 0.2) is 11.8 Å². The van der Waals surface area contributed by atoms with E-state index in [2.05, 4.69) is 5.32 Å². The Morgan fingerprint density at radius 1 is 1.05 bits per heavy atom. The van der Waals surface area contributed by atoms with Crippen LogP contribution in [0.5, 0.6) is 0 Å². The minimum Gasteiger partial charge on any atom is -0.479 e. The number of rotatable bonds is 7. The fourth-order valence-corrected chi connectivity index (χ4v) is 2.65. The van der Waals surface area contributed by atoms with Gasteiger partial charge in [0.05, 0.1) is 4.88 Å². The molecule has 0 saturated heterocycles. The molecule has 0 bridgehead atoms. The standard InChI is InChI=1S/C16H15NO4S/c18-12(13-7-4-10-22-13)8-9-14(19)17-15(16(20)21)11-5-2-1-3-6-11/h1-7,10,15H,8-9H2,(H,17,19)(H,20,21)/t15-/m0/s1. The molecular weight excluding hydrogens is 302 g/mol. The molecule has 114 valence electrons. The first-order valence-electron chi connectivity index (χ1n) is 6.71. The van der Waals surface area contributed by atoms with Crippen LogP contribution >= 0.6 is 11.3 Å². The fraction of sp³-hybridized carbons (Fsp3) is 0.188. The number of benzene rings is 1. The van der Waals surface area contributed by atoms with Crippen LogP contribution in [0.1, 0.15) is 34.1 Å². The van der Waals surface area contributed by atoms with Crippen molar-refractivity contribution >= 4 is 29.0 Å². The van der Waals surface area contributed by atoms with Crippen molar-refractivity contribution in [2.75, 3.05) is 0 Å². The normalized spacial score (nSPS) is 11.6. The molecule has 2 N–H and O–H groups in total. The predicted molar refractivity (Wildman–Crippen MR) is 82.8 cm³/mol. The van der Waals surface area contributed by atoms with Gasteiger partial charge in [0.1, 0.15) is 0 Å². The van der Waals surface area contributed by atoms with E-state index in [-0.39, 0.29) is 18.6 Å². The minimum absolute atomic E-state index is 0.0344. The molecule has 5 nitrogen and oxygen atoms in total. The monoisotopic (exact) mass is 317 g/mol. The highest BCUT2D eigenvalue weighted by Gasteiger charge is 2.22. The van der Waals surface area contributed by atoms with Crippen molar-refractivity contribution in [2.45, 2.75) is 18.9 Å². The number of carbonyl (C=O) groups is 3. The van der Waals surface area contributed by atoms with Gasteiger partial charge in [-0.2, -0.15) is 0 Å². The summed E-state index contributed by atoms with van der Waals surface area (Å²) in [6.07, 6.45) is 0.0286. The molecule has 2 rings (SSSR count). The zero-order chi connectivity index (χ0) is 15.9. The van der Waals surface area contributed by atoms with Crippen LogP contribution in [0.2, 0.25) is 0 Å². The van der Waals surface area contributed by atoms with Crippen LogP contribution in [0.25, 0.3) is 0 Å². The number of carboxylic acids is 1. The van der Waals surface area contributed by atoms with Crippen molar-refractivity contribution in [3.05, 3.63) is 58.3 Å². The zero-order valence-electron chi connectivity index (χ0n) is 11.7. The molecule has 1 atom stereocenters. The molecule has 0 radical (unpaired) electrons. The third-order valence-corrected chi connectivity index (χ3v) is 3.97. The second kappa shape index (κ2) is 7.51. The Morgan fingerprint density at radius 2 is 1.77 bits per heavy atom. The van der Waals surface area contributed by atoms with Gasteiger partial charge in [0, 0.05) is 12.8 Å². The summed E-state index contributed by atoms with van der Waals surface area (Å²) in [6, 6.07) is 10.8. The first-order chi connectivity index (χ1) is 10.6. The van der Waals surface area contributed by atoms with E-state index >= 15 is 0 Å². The molecular formula is C16H15NO4S. The van der Waals surface area contributed by atoms with Crippen molar-refractivity contribution in [3.8, 4) is 0 Å². The predicted octanol–water partition coefficient (Wildman–Crippen LogP) is 2.65. The molecule has 0 fully saturated rings. The molecule has 1 aromatic carbocycles. The maximum Gasteiger partial charge on any atom is 0.330 e. The molecule has 0 aliphatic rings. The van der Waals surface area contributed by atoms with E-state index in [1.165, 1.54) is 11.3 Å². The third-order valence-electron chi connectivity index (χ3n) is 3.06. The van der Waals surface area contributed by atoms with Crippen LogP contribution in [-0.2, 0) is 9.59 Å². The maximum atomic E-state index is 11.9. The van der Waals surface area contributed by atoms with Crippen LogP contribution in [0.4, 0.5) is 0 Å². The Labute approximate surface area is 131 Å². The van der Waals surface area contributed by atoms with Gasteiger partial charge in [0.25, 0.3) is 0 Å². The van der Waals surface area contributed by atoms with Gasteiger partial charge in [-0.3, -0.25) is 9.59 Å².